The van der Waals surface area contributed by atoms with E-state index in [9.17, 15) is 4.79 Å². The Labute approximate surface area is 109 Å². The maximum Gasteiger partial charge on any atom is 0.258 e. The third kappa shape index (κ3) is 3.78. The lowest BCUT2D eigenvalue weighted by molar-refractivity contribution is -0.123. The van der Waals surface area contributed by atoms with E-state index in [-0.39, 0.29) is 12.5 Å². The molecular formula is C12H12ClN3O2. The minimum atomic E-state index is -0.198. The second-order valence-corrected chi connectivity index (χ2v) is 4.07. The third-order valence-electron chi connectivity index (χ3n) is 2.21. The van der Waals surface area contributed by atoms with Crippen LogP contribution in [0.2, 0.25) is 5.02 Å². The van der Waals surface area contributed by atoms with Gasteiger partial charge in [0.2, 0.25) is 0 Å². The fourth-order valence-corrected chi connectivity index (χ4v) is 1.51. The van der Waals surface area contributed by atoms with Gasteiger partial charge in [0.15, 0.2) is 6.61 Å². The Balaban J connectivity index is 1.75. The molecule has 0 aliphatic heterocycles. The number of H-pyrrole nitrogens is 1. The van der Waals surface area contributed by atoms with Crippen molar-refractivity contribution in [1.29, 1.82) is 0 Å². The molecule has 0 unspecified atom stereocenters. The highest BCUT2D eigenvalue weighted by molar-refractivity contribution is 6.30. The van der Waals surface area contributed by atoms with Crippen LogP contribution in [0, 0.1) is 0 Å². The first-order valence-electron chi connectivity index (χ1n) is 5.37. The molecule has 0 aliphatic rings. The normalized spacial score (nSPS) is 10.1. The number of hydrogen-bond acceptors (Lipinski definition) is 3. The summed E-state index contributed by atoms with van der Waals surface area (Å²) < 4.78 is 5.30. The van der Waals surface area contributed by atoms with Gasteiger partial charge < -0.3 is 10.1 Å². The lowest BCUT2D eigenvalue weighted by Gasteiger charge is -2.06. The van der Waals surface area contributed by atoms with Gasteiger partial charge in [0.05, 0.1) is 6.20 Å². The molecular weight excluding hydrogens is 254 g/mol. The van der Waals surface area contributed by atoms with Crippen LogP contribution in [0.25, 0.3) is 0 Å². The molecule has 0 spiro atoms. The summed E-state index contributed by atoms with van der Waals surface area (Å²) in [5.74, 6) is 0.372. The molecule has 1 aromatic carbocycles. The molecule has 1 heterocycles. The predicted molar refractivity (Wildman–Crippen MR) is 67.4 cm³/mol. The summed E-state index contributed by atoms with van der Waals surface area (Å²) in [6, 6.07) is 6.91. The van der Waals surface area contributed by atoms with E-state index in [0.717, 1.165) is 5.56 Å². The number of benzene rings is 1. The fraction of sp³-hybridized carbons (Fsp3) is 0.167. The number of nitrogens with zero attached hydrogens (tertiary/aromatic N) is 1. The highest BCUT2D eigenvalue weighted by Gasteiger charge is 2.03. The number of ether oxygens (including phenoxy) is 1. The van der Waals surface area contributed by atoms with E-state index in [0.29, 0.717) is 17.3 Å². The van der Waals surface area contributed by atoms with Gasteiger partial charge in [0.1, 0.15) is 5.75 Å². The Morgan fingerprint density at radius 3 is 3.11 bits per heavy atom. The second kappa shape index (κ2) is 6.07. The van der Waals surface area contributed by atoms with E-state index in [1.165, 1.54) is 0 Å². The zero-order chi connectivity index (χ0) is 12.8. The molecule has 1 amide bonds. The molecule has 94 valence electrons. The fourth-order valence-electron chi connectivity index (χ4n) is 1.33. The number of nitrogens with one attached hydrogen (secondary N) is 2. The predicted octanol–water partition coefficient (Wildman–Crippen LogP) is 1.76. The molecule has 2 aromatic rings. The van der Waals surface area contributed by atoms with Crippen molar-refractivity contribution in [2.75, 3.05) is 6.61 Å². The first kappa shape index (κ1) is 12.4. The first-order chi connectivity index (χ1) is 8.74. The second-order valence-electron chi connectivity index (χ2n) is 3.63. The maximum absolute atomic E-state index is 11.5. The van der Waals surface area contributed by atoms with Crippen LogP contribution in [0.1, 0.15) is 5.56 Å². The van der Waals surface area contributed by atoms with E-state index in [2.05, 4.69) is 15.5 Å². The molecule has 0 fully saturated rings. The summed E-state index contributed by atoms with van der Waals surface area (Å²) in [6.07, 6.45) is 3.37. The van der Waals surface area contributed by atoms with Crippen molar-refractivity contribution in [2.24, 2.45) is 0 Å². The number of amides is 1. The van der Waals surface area contributed by atoms with Crippen molar-refractivity contribution in [1.82, 2.24) is 15.5 Å². The molecule has 6 heteroatoms. The van der Waals surface area contributed by atoms with Crippen LogP contribution < -0.4 is 10.1 Å². The first-order valence-corrected chi connectivity index (χ1v) is 5.74. The maximum atomic E-state index is 11.5. The van der Waals surface area contributed by atoms with Gasteiger partial charge in [-0.1, -0.05) is 17.7 Å². The number of carbonyl (C=O) groups excluding carboxylic acids is 1. The zero-order valence-electron chi connectivity index (χ0n) is 9.52. The van der Waals surface area contributed by atoms with Crippen LogP contribution in [0.15, 0.2) is 36.7 Å². The van der Waals surface area contributed by atoms with Crippen LogP contribution in [-0.2, 0) is 11.3 Å². The molecule has 18 heavy (non-hydrogen) atoms. The average molecular weight is 266 g/mol. The molecule has 1 aromatic heterocycles. The van der Waals surface area contributed by atoms with Gasteiger partial charge >= 0.3 is 0 Å². The summed E-state index contributed by atoms with van der Waals surface area (Å²) in [5, 5.41) is 9.74. The Morgan fingerprint density at radius 1 is 1.50 bits per heavy atom. The average Bonchev–Trinajstić information content (AvgIpc) is 2.87. The number of carbonyl (C=O) groups is 1. The summed E-state index contributed by atoms with van der Waals surface area (Å²) in [6.45, 7) is 0.381. The van der Waals surface area contributed by atoms with Gasteiger partial charge in [-0.05, 0) is 18.2 Å². The number of aromatic nitrogens is 2. The van der Waals surface area contributed by atoms with Crippen LogP contribution in [-0.4, -0.2) is 22.7 Å². The standard InChI is InChI=1S/C12H12ClN3O2/c13-10-2-1-3-11(4-10)18-8-12(17)14-5-9-6-15-16-7-9/h1-4,6-7H,5,8H2,(H,14,17)(H,15,16). The quantitative estimate of drug-likeness (QED) is 0.866. The van der Waals surface area contributed by atoms with Crippen LogP contribution in [0.3, 0.4) is 0 Å². The van der Waals surface area contributed by atoms with Crippen molar-refractivity contribution in [2.45, 2.75) is 6.54 Å². The van der Waals surface area contributed by atoms with Crippen molar-refractivity contribution in [3.8, 4) is 5.75 Å². The lowest BCUT2D eigenvalue weighted by Crippen LogP contribution is -2.28. The third-order valence-corrected chi connectivity index (χ3v) is 2.45. The molecule has 2 N–H and O–H groups in total. The molecule has 0 aliphatic carbocycles. The van der Waals surface area contributed by atoms with E-state index in [1.807, 2.05) is 0 Å². The van der Waals surface area contributed by atoms with Crippen LogP contribution >= 0.6 is 11.6 Å². The Kier molecular flexibility index (Phi) is 4.20. The highest BCUT2D eigenvalue weighted by Crippen LogP contribution is 2.16. The summed E-state index contributed by atoms with van der Waals surface area (Å²) >= 11 is 5.80. The largest absolute Gasteiger partial charge is 0.484 e. The molecule has 0 saturated heterocycles. The molecule has 0 saturated carbocycles. The SMILES string of the molecule is O=C(COc1cccc(Cl)c1)NCc1cn[nH]c1. The number of hydrogen-bond donors (Lipinski definition) is 2. The van der Waals surface area contributed by atoms with E-state index in [1.54, 1.807) is 36.7 Å². The van der Waals surface area contributed by atoms with Gasteiger partial charge in [0.25, 0.3) is 5.91 Å². The Hall–Kier alpha value is -2.01. The smallest absolute Gasteiger partial charge is 0.258 e. The highest BCUT2D eigenvalue weighted by atomic mass is 35.5. The molecule has 2 rings (SSSR count). The van der Waals surface area contributed by atoms with Crippen molar-refractivity contribution in [3.05, 3.63) is 47.2 Å². The topological polar surface area (TPSA) is 67.0 Å². The van der Waals surface area contributed by atoms with E-state index < -0.39 is 0 Å². The van der Waals surface area contributed by atoms with E-state index >= 15 is 0 Å². The van der Waals surface area contributed by atoms with Gasteiger partial charge in [-0.2, -0.15) is 5.10 Å². The summed E-state index contributed by atoms with van der Waals surface area (Å²) in [4.78, 5) is 11.5. The van der Waals surface area contributed by atoms with Crippen LogP contribution in [0.5, 0.6) is 5.75 Å². The summed E-state index contributed by atoms with van der Waals surface area (Å²) in [7, 11) is 0. The Bertz CT molecular complexity index is 514. The van der Waals surface area contributed by atoms with Gasteiger partial charge in [0, 0.05) is 23.3 Å². The lowest BCUT2D eigenvalue weighted by atomic mass is 10.3. The van der Waals surface area contributed by atoms with Crippen molar-refractivity contribution >= 4 is 17.5 Å². The number of halogens is 1. The molecule has 0 bridgehead atoms. The molecule has 0 radical (unpaired) electrons. The van der Waals surface area contributed by atoms with Crippen molar-refractivity contribution in [3.63, 3.8) is 0 Å². The Morgan fingerprint density at radius 2 is 2.39 bits per heavy atom. The van der Waals surface area contributed by atoms with Crippen molar-refractivity contribution < 1.29 is 9.53 Å². The van der Waals surface area contributed by atoms with Gasteiger partial charge in [-0.3, -0.25) is 9.89 Å². The number of rotatable bonds is 5. The minimum Gasteiger partial charge on any atom is -0.484 e. The van der Waals surface area contributed by atoms with Gasteiger partial charge in [-0.25, -0.2) is 0 Å². The van der Waals surface area contributed by atoms with E-state index in [4.69, 9.17) is 16.3 Å². The minimum absolute atomic E-state index is 0.0435. The van der Waals surface area contributed by atoms with Gasteiger partial charge in [-0.15, -0.1) is 0 Å². The molecule has 0 atom stereocenters. The molecule has 5 nitrogen and oxygen atoms in total. The zero-order valence-corrected chi connectivity index (χ0v) is 10.3. The summed E-state index contributed by atoms with van der Waals surface area (Å²) in [5.41, 5.74) is 0.908. The monoisotopic (exact) mass is 265 g/mol. The number of aromatic amines is 1. The van der Waals surface area contributed by atoms with Crippen LogP contribution in [0.4, 0.5) is 0 Å².